The quantitative estimate of drug-likeness (QED) is 0.606. The van der Waals surface area contributed by atoms with Crippen molar-refractivity contribution < 1.29 is 17.9 Å². The maximum Gasteiger partial charge on any atom is 0.416 e. The van der Waals surface area contributed by atoms with Gasteiger partial charge in [0.2, 0.25) is 5.95 Å². The summed E-state index contributed by atoms with van der Waals surface area (Å²) in [6.07, 6.45) is -2.81. The van der Waals surface area contributed by atoms with Crippen LogP contribution in [0.2, 0.25) is 0 Å². The van der Waals surface area contributed by atoms with Gasteiger partial charge in [0, 0.05) is 17.6 Å². The molecule has 5 nitrogen and oxygen atoms in total. The fraction of sp³-hybridized carbons (Fsp3) is 0.158. The standard InChI is InChI=1S/C19H17F3N4O/c1-2-27-16-9-7-14(8-10-16)24-17-11-12-23-18(26-17)25-15-5-3-13(4-6-15)19(20,21)22/h3-12H,2H2,1H3,(H2,23,24,25,26). The van der Waals surface area contributed by atoms with Crippen LogP contribution in [0.5, 0.6) is 5.75 Å². The molecule has 1 aromatic heterocycles. The third-order valence-electron chi connectivity index (χ3n) is 3.56. The van der Waals surface area contributed by atoms with Crippen LogP contribution >= 0.6 is 0 Å². The number of benzene rings is 2. The Morgan fingerprint density at radius 3 is 2.15 bits per heavy atom. The number of alkyl halides is 3. The van der Waals surface area contributed by atoms with E-state index in [1.54, 1.807) is 12.3 Å². The van der Waals surface area contributed by atoms with E-state index in [0.29, 0.717) is 18.1 Å². The number of ether oxygens (including phenoxy) is 1. The summed E-state index contributed by atoms with van der Waals surface area (Å²) in [5.74, 6) is 1.59. The Balaban J connectivity index is 1.68. The molecule has 140 valence electrons. The molecule has 0 saturated heterocycles. The molecule has 0 atom stereocenters. The molecule has 0 saturated carbocycles. The van der Waals surface area contributed by atoms with Crippen LogP contribution < -0.4 is 15.4 Å². The zero-order chi connectivity index (χ0) is 19.3. The van der Waals surface area contributed by atoms with Crippen LogP contribution in [-0.4, -0.2) is 16.6 Å². The van der Waals surface area contributed by atoms with Crippen molar-refractivity contribution in [3.05, 3.63) is 66.4 Å². The molecule has 0 amide bonds. The topological polar surface area (TPSA) is 59.1 Å². The minimum atomic E-state index is -4.36. The van der Waals surface area contributed by atoms with Crippen LogP contribution in [-0.2, 0) is 6.18 Å². The smallest absolute Gasteiger partial charge is 0.416 e. The molecule has 0 bridgehead atoms. The second-order valence-corrected chi connectivity index (χ2v) is 5.55. The van der Waals surface area contributed by atoms with Gasteiger partial charge in [0.1, 0.15) is 11.6 Å². The van der Waals surface area contributed by atoms with E-state index in [1.165, 1.54) is 12.1 Å². The molecule has 0 fully saturated rings. The summed E-state index contributed by atoms with van der Waals surface area (Å²) in [6.45, 7) is 2.51. The van der Waals surface area contributed by atoms with Crippen molar-refractivity contribution in [2.75, 3.05) is 17.2 Å². The molecule has 2 N–H and O–H groups in total. The highest BCUT2D eigenvalue weighted by atomic mass is 19.4. The summed E-state index contributed by atoms with van der Waals surface area (Å²) in [5, 5.41) is 6.02. The highest BCUT2D eigenvalue weighted by molar-refractivity contribution is 5.60. The largest absolute Gasteiger partial charge is 0.494 e. The Bertz CT molecular complexity index is 881. The molecule has 0 unspecified atom stereocenters. The molecular formula is C19H17F3N4O. The van der Waals surface area contributed by atoms with Gasteiger partial charge in [0.15, 0.2) is 0 Å². The van der Waals surface area contributed by atoms with Crippen molar-refractivity contribution >= 4 is 23.1 Å². The molecule has 2 aromatic carbocycles. The number of nitrogens with zero attached hydrogens (tertiary/aromatic N) is 2. The molecule has 0 aliphatic carbocycles. The van der Waals surface area contributed by atoms with Gasteiger partial charge in [0.25, 0.3) is 0 Å². The van der Waals surface area contributed by atoms with Crippen LogP contribution in [0.4, 0.5) is 36.3 Å². The number of hydrogen-bond acceptors (Lipinski definition) is 5. The first-order valence-corrected chi connectivity index (χ1v) is 8.21. The number of nitrogens with one attached hydrogen (secondary N) is 2. The summed E-state index contributed by atoms with van der Waals surface area (Å²) in [6, 6.07) is 13.8. The first-order valence-electron chi connectivity index (χ1n) is 8.21. The number of anilines is 4. The predicted molar refractivity (Wildman–Crippen MR) is 97.7 cm³/mol. The average Bonchev–Trinajstić information content (AvgIpc) is 2.64. The lowest BCUT2D eigenvalue weighted by Gasteiger charge is -2.10. The Morgan fingerprint density at radius 2 is 1.52 bits per heavy atom. The molecule has 0 aliphatic rings. The third kappa shape index (κ3) is 5.10. The van der Waals surface area contributed by atoms with E-state index in [0.717, 1.165) is 23.6 Å². The summed E-state index contributed by atoms with van der Waals surface area (Å²) in [7, 11) is 0. The van der Waals surface area contributed by atoms with Crippen LogP contribution in [0, 0.1) is 0 Å². The number of aromatic nitrogens is 2. The molecule has 8 heteroatoms. The summed E-state index contributed by atoms with van der Waals surface area (Å²) in [4.78, 5) is 8.39. The zero-order valence-corrected chi connectivity index (χ0v) is 14.4. The van der Waals surface area contributed by atoms with E-state index in [9.17, 15) is 13.2 Å². The van der Waals surface area contributed by atoms with Gasteiger partial charge in [0.05, 0.1) is 12.2 Å². The normalized spacial score (nSPS) is 11.1. The fourth-order valence-corrected chi connectivity index (χ4v) is 2.31. The Hall–Kier alpha value is -3.29. The molecule has 1 heterocycles. The predicted octanol–water partition coefficient (Wildman–Crippen LogP) is 5.38. The van der Waals surface area contributed by atoms with Crippen LogP contribution in [0.3, 0.4) is 0 Å². The van der Waals surface area contributed by atoms with Crippen molar-refractivity contribution in [1.29, 1.82) is 0 Å². The molecule has 0 spiro atoms. The number of rotatable bonds is 6. The van der Waals surface area contributed by atoms with E-state index in [-0.39, 0.29) is 5.95 Å². The van der Waals surface area contributed by atoms with E-state index >= 15 is 0 Å². The van der Waals surface area contributed by atoms with Crippen LogP contribution in [0.1, 0.15) is 12.5 Å². The SMILES string of the molecule is CCOc1ccc(Nc2ccnc(Nc3ccc(C(F)(F)F)cc3)n2)cc1. The van der Waals surface area contributed by atoms with Gasteiger partial charge in [-0.1, -0.05) is 0 Å². The molecule has 0 radical (unpaired) electrons. The van der Waals surface area contributed by atoms with E-state index in [1.807, 2.05) is 31.2 Å². The van der Waals surface area contributed by atoms with Gasteiger partial charge < -0.3 is 15.4 Å². The van der Waals surface area contributed by atoms with Gasteiger partial charge in [-0.2, -0.15) is 18.2 Å². The van der Waals surface area contributed by atoms with Gasteiger partial charge in [-0.25, -0.2) is 4.98 Å². The summed E-state index contributed by atoms with van der Waals surface area (Å²) in [5.41, 5.74) is 0.568. The zero-order valence-electron chi connectivity index (χ0n) is 14.4. The summed E-state index contributed by atoms with van der Waals surface area (Å²) < 4.78 is 43.2. The Kier molecular flexibility index (Phi) is 5.44. The molecule has 3 rings (SSSR count). The van der Waals surface area contributed by atoms with Crippen molar-refractivity contribution in [3.8, 4) is 5.75 Å². The van der Waals surface area contributed by atoms with Crippen molar-refractivity contribution in [2.45, 2.75) is 13.1 Å². The van der Waals surface area contributed by atoms with Gasteiger partial charge in [-0.05, 0) is 61.5 Å². The van der Waals surface area contributed by atoms with Gasteiger partial charge >= 0.3 is 6.18 Å². The molecule has 3 aromatic rings. The highest BCUT2D eigenvalue weighted by Crippen LogP contribution is 2.30. The monoisotopic (exact) mass is 374 g/mol. The lowest BCUT2D eigenvalue weighted by atomic mass is 10.2. The van der Waals surface area contributed by atoms with E-state index < -0.39 is 11.7 Å². The molecule has 0 aliphatic heterocycles. The number of halogens is 3. The highest BCUT2D eigenvalue weighted by Gasteiger charge is 2.29. The minimum Gasteiger partial charge on any atom is -0.494 e. The molecular weight excluding hydrogens is 357 g/mol. The second-order valence-electron chi connectivity index (χ2n) is 5.55. The van der Waals surface area contributed by atoms with Crippen LogP contribution in [0.25, 0.3) is 0 Å². The first-order chi connectivity index (χ1) is 12.9. The first kappa shape index (κ1) is 18.5. The maximum atomic E-state index is 12.6. The summed E-state index contributed by atoms with van der Waals surface area (Å²) >= 11 is 0. The lowest BCUT2D eigenvalue weighted by molar-refractivity contribution is -0.137. The van der Waals surface area contributed by atoms with Crippen molar-refractivity contribution in [3.63, 3.8) is 0 Å². The van der Waals surface area contributed by atoms with Gasteiger partial charge in [-0.15, -0.1) is 0 Å². The number of hydrogen-bond donors (Lipinski definition) is 2. The van der Waals surface area contributed by atoms with Crippen LogP contribution in [0.15, 0.2) is 60.8 Å². The minimum absolute atomic E-state index is 0.269. The maximum absolute atomic E-state index is 12.6. The Morgan fingerprint density at radius 1 is 0.889 bits per heavy atom. The molecule has 27 heavy (non-hydrogen) atoms. The van der Waals surface area contributed by atoms with Gasteiger partial charge in [-0.3, -0.25) is 0 Å². The average molecular weight is 374 g/mol. The van der Waals surface area contributed by atoms with Crippen molar-refractivity contribution in [1.82, 2.24) is 9.97 Å². The third-order valence-corrected chi connectivity index (χ3v) is 3.56. The van der Waals surface area contributed by atoms with E-state index in [4.69, 9.17) is 4.74 Å². The van der Waals surface area contributed by atoms with E-state index in [2.05, 4.69) is 20.6 Å². The fourth-order valence-electron chi connectivity index (χ4n) is 2.31. The Labute approximate surface area is 154 Å². The lowest BCUT2D eigenvalue weighted by Crippen LogP contribution is -2.05. The van der Waals surface area contributed by atoms with Crippen molar-refractivity contribution in [2.24, 2.45) is 0 Å². The second kappa shape index (κ2) is 7.94.